The Morgan fingerprint density at radius 3 is 2.60 bits per heavy atom. The molecule has 1 aromatic heterocycles. The number of rotatable bonds is 2. The first-order chi connectivity index (χ1) is 7.35. The van der Waals surface area contributed by atoms with Gasteiger partial charge in [-0.2, -0.15) is 0 Å². The molecule has 1 N–H and O–H groups in total. The highest BCUT2D eigenvalue weighted by molar-refractivity contribution is 7.17. The summed E-state index contributed by atoms with van der Waals surface area (Å²) in [5.74, 6) is 0. The number of anilines is 1. The van der Waals surface area contributed by atoms with Crippen molar-refractivity contribution in [3.63, 3.8) is 0 Å². The zero-order valence-electron chi connectivity index (χ0n) is 9.92. The quantitative estimate of drug-likeness (QED) is 0.785. The SMILES string of the molecule is CC.CCc1csc2ccc(NC)cc12. The second-order valence-electron chi connectivity index (χ2n) is 3.08. The van der Waals surface area contributed by atoms with Crippen LogP contribution in [0.3, 0.4) is 0 Å². The van der Waals surface area contributed by atoms with Gasteiger partial charge in [-0.05, 0) is 40.9 Å². The predicted molar refractivity (Wildman–Crippen MR) is 72.1 cm³/mol. The van der Waals surface area contributed by atoms with Crippen molar-refractivity contribution in [1.82, 2.24) is 0 Å². The Hall–Kier alpha value is -1.02. The van der Waals surface area contributed by atoms with Gasteiger partial charge in [0.1, 0.15) is 0 Å². The van der Waals surface area contributed by atoms with E-state index in [1.807, 2.05) is 32.2 Å². The van der Waals surface area contributed by atoms with Crippen molar-refractivity contribution in [2.45, 2.75) is 27.2 Å². The number of hydrogen-bond acceptors (Lipinski definition) is 2. The number of fused-ring (bicyclic) bond motifs is 1. The van der Waals surface area contributed by atoms with Gasteiger partial charge in [0, 0.05) is 17.4 Å². The molecule has 0 unspecified atom stereocenters. The third-order valence-corrected chi connectivity index (χ3v) is 3.34. The van der Waals surface area contributed by atoms with Gasteiger partial charge in [-0.15, -0.1) is 11.3 Å². The molecule has 2 aromatic rings. The van der Waals surface area contributed by atoms with Crippen molar-refractivity contribution >= 4 is 27.1 Å². The number of nitrogens with one attached hydrogen (secondary N) is 1. The van der Waals surface area contributed by atoms with Crippen LogP contribution < -0.4 is 5.32 Å². The largest absolute Gasteiger partial charge is 0.388 e. The van der Waals surface area contributed by atoms with E-state index >= 15 is 0 Å². The van der Waals surface area contributed by atoms with Crippen molar-refractivity contribution in [2.75, 3.05) is 12.4 Å². The summed E-state index contributed by atoms with van der Waals surface area (Å²) < 4.78 is 1.39. The molecule has 0 bridgehead atoms. The maximum Gasteiger partial charge on any atom is 0.0347 e. The van der Waals surface area contributed by atoms with Gasteiger partial charge in [0.2, 0.25) is 0 Å². The normalized spacial score (nSPS) is 9.60. The Morgan fingerprint density at radius 1 is 1.27 bits per heavy atom. The van der Waals surface area contributed by atoms with Crippen LogP contribution in [-0.2, 0) is 6.42 Å². The molecular formula is C13H19NS. The second-order valence-corrected chi connectivity index (χ2v) is 3.99. The number of benzene rings is 1. The topological polar surface area (TPSA) is 12.0 Å². The molecule has 0 radical (unpaired) electrons. The molecule has 82 valence electrons. The molecule has 0 aliphatic heterocycles. The van der Waals surface area contributed by atoms with Gasteiger partial charge in [-0.1, -0.05) is 20.8 Å². The van der Waals surface area contributed by atoms with Crippen molar-refractivity contribution in [3.8, 4) is 0 Å². The van der Waals surface area contributed by atoms with Gasteiger partial charge in [-0.3, -0.25) is 0 Å². The second kappa shape index (κ2) is 5.76. The molecule has 0 saturated carbocycles. The minimum Gasteiger partial charge on any atom is -0.388 e. The van der Waals surface area contributed by atoms with Gasteiger partial charge in [0.05, 0.1) is 0 Å². The Morgan fingerprint density at radius 2 is 2.00 bits per heavy atom. The summed E-state index contributed by atoms with van der Waals surface area (Å²) in [6.07, 6.45) is 1.12. The molecule has 2 heteroatoms. The lowest BCUT2D eigenvalue weighted by atomic mass is 10.1. The first-order valence-corrected chi connectivity index (χ1v) is 6.41. The Balaban J connectivity index is 0.000000531. The van der Waals surface area contributed by atoms with Crippen LogP contribution in [0.2, 0.25) is 0 Å². The molecule has 0 aliphatic carbocycles. The van der Waals surface area contributed by atoms with Gasteiger partial charge in [0.15, 0.2) is 0 Å². The van der Waals surface area contributed by atoms with Gasteiger partial charge >= 0.3 is 0 Å². The van der Waals surface area contributed by atoms with Crippen LogP contribution in [0, 0.1) is 0 Å². The van der Waals surface area contributed by atoms with Crippen molar-refractivity contribution in [2.24, 2.45) is 0 Å². The summed E-state index contributed by atoms with van der Waals surface area (Å²) in [4.78, 5) is 0. The zero-order chi connectivity index (χ0) is 11.3. The minimum absolute atomic E-state index is 1.12. The van der Waals surface area contributed by atoms with E-state index in [-0.39, 0.29) is 0 Å². The summed E-state index contributed by atoms with van der Waals surface area (Å²) >= 11 is 1.83. The average Bonchev–Trinajstić information content (AvgIpc) is 2.73. The van der Waals surface area contributed by atoms with Crippen LogP contribution in [0.1, 0.15) is 26.3 Å². The van der Waals surface area contributed by atoms with E-state index in [9.17, 15) is 0 Å². The summed E-state index contributed by atoms with van der Waals surface area (Å²) in [6.45, 7) is 6.20. The molecule has 0 aliphatic rings. The van der Waals surface area contributed by atoms with Crippen molar-refractivity contribution < 1.29 is 0 Å². The number of hydrogen-bond donors (Lipinski definition) is 1. The van der Waals surface area contributed by atoms with Gasteiger partial charge in [-0.25, -0.2) is 0 Å². The Labute approximate surface area is 96.1 Å². The van der Waals surface area contributed by atoms with E-state index in [1.165, 1.54) is 21.3 Å². The third-order valence-electron chi connectivity index (χ3n) is 2.32. The molecule has 0 amide bonds. The highest BCUT2D eigenvalue weighted by Gasteiger charge is 2.02. The molecule has 0 fully saturated rings. The van der Waals surface area contributed by atoms with Gasteiger partial charge in [0.25, 0.3) is 0 Å². The van der Waals surface area contributed by atoms with E-state index in [4.69, 9.17) is 0 Å². The van der Waals surface area contributed by atoms with Crippen LogP contribution in [0.4, 0.5) is 5.69 Å². The predicted octanol–water partition coefficient (Wildman–Crippen LogP) is 4.53. The molecule has 0 atom stereocenters. The van der Waals surface area contributed by atoms with E-state index in [2.05, 4.69) is 35.8 Å². The van der Waals surface area contributed by atoms with E-state index in [0.29, 0.717) is 0 Å². The fraction of sp³-hybridized carbons (Fsp3) is 0.385. The molecule has 15 heavy (non-hydrogen) atoms. The van der Waals surface area contributed by atoms with E-state index in [1.54, 1.807) is 0 Å². The third kappa shape index (κ3) is 2.51. The summed E-state index contributed by atoms with van der Waals surface area (Å²) in [5, 5.41) is 6.82. The monoisotopic (exact) mass is 221 g/mol. The lowest BCUT2D eigenvalue weighted by molar-refractivity contribution is 1.17. The maximum absolute atomic E-state index is 3.16. The molecule has 1 nitrogen and oxygen atoms in total. The lowest BCUT2D eigenvalue weighted by Gasteiger charge is -2.00. The lowest BCUT2D eigenvalue weighted by Crippen LogP contribution is -1.86. The molecule has 0 saturated heterocycles. The van der Waals surface area contributed by atoms with E-state index < -0.39 is 0 Å². The standard InChI is InChI=1S/C11H13NS.C2H6/c1-3-8-7-13-11-5-4-9(12-2)6-10(8)11;1-2/h4-7,12H,3H2,1-2H3;1-2H3. The van der Waals surface area contributed by atoms with E-state index in [0.717, 1.165) is 6.42 Å². The van der Waals surface area contributed by atoms with Crippen LogP contribution in [0.15, 0.2) is 23.6 Å². The Bertz CT molecular complexity index is 417. The fourth-order valence-electron chi connectivity index (χ4n) is 1.51. The molecule has 0 spiro atoms. The highest BCUT2D eigenvalue weighted by atomic mass is 32.1. The minimum atomic E-state index is 1.12. The molecule has 1 heterocycles. The maximum atomic E-state index is 3.16. The number of thiophene rings is 1. The first kappa shape index (κ1) is 12.1. The molecular weight excluding hydrogens is 202 g/mol. The smallest absolute Gasteiger partial charge is 0.0347 e. The Kier molecular flexibility index (Phi) is 4.63. The van der Waals surface area contributed by atoms with Crippen LogP contribution in [0.25, 0.3) is 10.1 Å². The summed E-state index contributed by atoms with van der Waals surface area (Å²) in [5.41, 5.74) is 2.65. The van der Waals surface area contributed by atoms with Crippen LogP contribution >= 0.6 is 11.3 Å². The van der Waals surface area contributed by atoms with Crippen molar-refractivity contribution in [3.05, 3.63) is 29.1 Å². The van der Waals surface area contributed by atoms with Crippen LogP contribution in [-0.4, -0.2) is 7.05 Å². The highest BCUT2D eigenvalue weighted by Crippen LogP contribution is 2.28. The summed E-state index contributed by atoms with van der Waals surface area (Å²) in [7, 11) is 1.96. The zero-order valence-corrected chi connectivity index (χ0v) is 10.7. The molecule has 2 rings (SSSR count). The average molecular weight is 221 g/mol. The molecule has 1 aromatic carbocycles. The van der Waals surface area contributed by atoms with Gasteiger partial charge < -0.3 is 5.32 Å². The van der Waals surface area contributed by atoms with Crippen molar-refractivity contribution in [1.29, 1.82) is 0 Å². The summed E-state index contributed by atoms with van der Waals surface area (Å²) in [6, 6.07) is 6.54. The fourth-order valence-corrected chi connectivity index (χ4v) is 2.54. The van der Waals surface area contributed by atoms with Crippen LogP contribution in [0.5, 0.6) is 0 Å². The number of aryl methyl sites for hydroxylation is 1. The first-order valence-electron chi connectivity index (χ1n) is 5.53.